The Morgan fingerprint density at radius 1 is 1.27 bits per heavy atom. The molecule has 1 atom stereocenters. The molecule has 88 valence electrons. The van der Waals surface area contributed by atoms with E-state index in [4.69, 9.17) is 5.11 Å². The molecule has 4 heteroatoms. The van der Waals surface area contributed by atoms with Crippen LogP contribution in [0.3, 0.4) is 0 Å². The minimum Gasteiger partial charge on any atom is -0.394 e. The van der Waals surface area contributed by atoms with E-state index in [-0.39, 0.29) is 43.1 Å². The van der Waals surface area contributed by atoms with Crippen LogP contribution in [0, 0.1) is 5.92 Å². The molecule has 0 fully saturated rings. The highest BCUT2D eigenvalue weighted by Gasteiger charge is 2.21. The highest BCUT2D eigenvalue weighted by atomic mass is 16.3. The van der Waals surface area contributed by atoms with E-state index in [2.05, 4.69) is 0 Å². The molecule has 0 aliphatic carbocycles. The average molecular weight is 215 g/mol. The van der Waals surface area contributed by atoms with E-state index >= 15 is 0 Å². The van der Waals surface area contributed by atoms with Crippen molar-refractivity contribution in [3.05, 3.63) is 0 Å². The molecule has 0 aromatic rings. The van der Waals surface area contributed by atoms with Crippen LogP contribution in [0.25, 0.3) is 0 Å². The number of hydrogen-bond acceptors (Lipinski definition) is 3. The first-order valence-corrected chi connectivity index (χ1v) is 5.26. The second-order valence-corrected chi connectivity index (χ2v) is 4.20. The minimum atomic E-state index is -0.163. The average Bonchev–Trinajstić information content (AvgIpc) is 2.14. The van der Waals surface area contributed by atoms with Crippen molar-refractivity contribution in [1.82, 2.24) is 4.90 Å². The predicted molar refractivity (Wildman–Crippen MR) is 58.4 cm³/mol. The van der Waals surface area contributed by atoms with Crippen molar-refractivity contribution in [2.75, 3.05) is 13.7 Å². The van der Waals surface area contributed by atoms with Crippen LogP contribution in [-0.2, 0) is 9.59 Å². The number of aliphatic hydroxyl groups is 1. The largest absolute Gasteiger partial charge is 0.394 e. The van der Waals surface area contributed by atoms with E-state index in [0.717, 1.165) is 0 Å². The fraction of sp³-hybridized carbons (Fsp3) is 0.818. The molecule has 0 aromatic carbocycles. The summed E-state index contributed by atoms with van der Waals surface area (Å²) in [6.07, 6.45) is 0.508. The second-order valence-electron chi connectivity index (χ2n) is 4.20. The fourth-order valence-corrected chi connectivity index (χ4v) is 1.42. The van der Waals surface area contributed by atoms with Crippen LogP contribution in [0.4, 0.5) is 0 Å². The number of Topliss-reactive ketones (excluding diaryl/α,β-unsaturated/α-hetero) is 1. The third-order valence-electron chi connectivity index (χ3n) is 2.54. The van der Waals surface area contributed by atoms with Gasteiger partial charge < -0.3 is 14.8 Å². The number of nitrogens with zero attached hydrogens (tertiary/aromatic N) is 1. The topological polar surface area (TPSA) is 57.6 Å². The van der Waals surface area contributed by atoms with Gasteiger partial charge in [0.05, 0.1) is 12.6 Å². The van der Waals surface area contributed by atoms with Gasteiger partial charge in [-0.1, -0.05) is 13.8 Å². The molecule has 1 amide bonds. The lowest BCUT2D eigenvalue weighted by Crippen LogP contribution is -2.42. The third kappa shape index (κ3) is 4.93. The minimum absolute atomic E-state index is 0.0156. The number of rotatable bonds is 6. The van der Waals surface area contributed by atoms with Gasteiger partial charge in [-0.3, -0.25) is 4.79 Å². The van der Waals surface area contributed by atoms with Gasteiger partial charge in [-0.05, 0) is 12.8 Å². The fourth-order valence-electron chi connectivity index (χ4n) is 1.42. The smallest absolute Gasteiger partial charge is 0.223 e. The van der Waals surface area contributed by atoms with Crippen molar-refractivity contribution in [3.63, 3.8) is 0 Å². The Hall–Kier alpha value is -0.900. The number of ketones is 1. The Morgan fingerprint density at radius 3 is 2.13 bits per heavy atom. The predicted octanol–water partition coefficient (Wildman–Crippen LogP) is 0.831. The highest BCUT2D eigenvalue weighted by Crippen LogP contribution is 2.10. The van der Waals surface area contributed by atoms with Gasteiger partial charge in [0, 0.05) is 19.9 Å². The van der Waals surface area contributed by atoms with E-state index in [1.807, 2.05) is 13.8 Å². The maximum absolute atomic E-state index is 11.6. The summed E-state index contributed by atoms with van der Waals surface area (Å²) in [5, 5.41) is 9.13. The third-order valence-corrected chi connectivity index (χ3v) is 2.54. The number of aliphatic hydroxyl groups excluding tert-OH is 1. The summed E-state index contributed by atoms with van der Waals surface area (Å²) >= 11 is 0. The van der Waals surface area contributed by atoms with Crippen molar-refractivity contribution in [2.24, 2.45) is 5.92 Å². The first-order chi connectivity index (χ1) is 6.90. The van der Waals surface area contributed by atoms with Crippen LogP contribution < -0.4 is 0 Å². The Morgan fingerprint density at radius 2 is 1.80 bits per heavy atom. The highest BCUT2D eigenvalue weighted by molar-refractivity contribution is 5.83. The molecule has 4 nitrogen and oxygen atoms in total. The zero-order chi connectivity index (χ0) is 12.0. The van der Waals surface area contributed by atoms with Gasteiger partial charge in [0.15, 0.2) is 0 Å². The standard InChI is InChI=1S/C11H21NO3/c1-8(2)10(7-13)12(4)11(15)6-5-9(3)14/h8,10,13H,5-7H2,1-4H3/t10-/m1/s1. The molecule has 15 heavy (non-hydrogen) atoms. The molecular formula is C11H21NO3. The maximum atomic E-state index is 11.6. The number of carbonyl (C=O) groups is 2. The van der Waals surface area contributed by atoms with Crippen molar-refractivity contribution in [3.8, 4) is 0 Å². The normalized spacial score (nSPS) is 12.7. The molecule has 0 aliphatic heterocycles. The van der Waals surface area contributed by atoms with E-state index in [1.54, 1.807) is 7.05 Å². The zero-order valence-corrected chi connectivity index (χ0v) is 9.99. The number of hydrogen-bond donors (Lipinski definition) is 1. The number of amides is 1. The van der Waals surface area contributed by atoms with Crippen molar-refractivity contribution in [2.45, 2.75) is 39.7 Å². The Labute approximate surface area is 91.3 Å². The summed E-state index contributed by atoms with van der Waals surface area (Å²) in [6.45, 7) is 5.34. The van der Waals surface area contributed by atoms with E-state index in [1.165, 1.54) is 11.8 Å². The summed E-state index contributed by atoms with van der Waals surface area (Å²) in [7, 11) is 1.67. The molecule has 0 heterocycles. The second kappa shape index (κ2) is 6.56. The molecule has 0 bridgehead atoms. The number of carbonyl (C=O) groups excluding carboxylic acids is 2. The van der Waals surface area contributed by atoms with Gasteiger partial charge in [-0.15, -0.1) is 0 Å². The van der Waals surface area contributed by atoms with Crippen LogP contribution >= 0.6 is 0 Å². The van der Waals surface area contributed by atoms with E-state index < -0.39 is 0 Å². The van der Waals surface area contributed by atoms with Crippen LogP contribution in [0.2, 0.25) is 0 Å². The quantitative estimate of drug-likeness (QED) is 0.714. The van der Waals surface area contributed by atoms with Crippen molar-refractivity contribution < 1.29 is 14.7 Å². The van der Waals surface area contributed by atoms with Crippen molar-refractivity contribution >= 4 is 11.7 Å². The van der Waals surface area contributed by atoms with Crippen LogP contribution in [0.15, 0.2) is 0 Å². The number of likely N-dealkylation sites (N-methyl/N-ethyl adjacent to an activating group) is 1. The summed E-state index contributed by atoms with van der Waals surface area (Å²) in [6, 6.07) is -0.163. The summed E-state index contributed by atoms with van der Waals surface area (Å²) in [4.78, 5) is 23.9. The SMILES string of the molecule is CC(=O)CCC(=O)N(C)[C@H](CO)C(C)C. The van der Waals surface area contributed by atoms with Gasteiger partial charge in [0.1, 0.15) is 5.78 Å². The monoisotopic (exact) mass is 215 g/mol. The van der Waals surface area contributed by atoms with Gasteiger partial charge in [-0.25, -0.2) is 0 Å². The molecule has 0 aliphatic rings. The molecule has 0 unspecified atom stereocenters. The first-order valence-electron chi connectivity index (χ1n) is 5.26. The molecule has 0 aromatic heterocycles. The molecular weight excluding hydrogens is 194 g/mol. The van der Waals surface area contributed by atoms with Crippen LogP contribution in [-0.4, -0.2) is 41.4 Å². The summed E-state index contributed by atoms with van der Waals surface area (Å²) < 4.78 is 0. The van der Waals surface area contributed by atoms with Crippen LogP contribution in [0.1, 0.15) is 33.6 Å². The molecule has 0 spiro atoms. The maximum Gasteiger partial charge on any atom is 0.223 e. The van der Waals surface area contributed by atoms with Gasteiger partial charge in [0.25, 0.3) is 0 Å². The van der Waals surface area contributed by atoms with Gasteiger partial charge in [0.2, 0.25) is 5.91 Å². The lowest BCUT2D eigenvalue weighted by molar-refractivity contribution is -0.135. The molecule has 0 rings (SSSR count). The van der Waals surface area contributed by atoms with E-state index in [0.29, 0.717) is 0 Å². The van der Waals surface area contributed by atoms with Gasteiger partial charge >= 0.3 is 0 Å². The Balaban J connectivity index is 4.22. The summed E-state index contributed by atoms with van der Waals surface area (Å²) in [5.41, 5.74) is 0. The lowest BCUT2D eigenvalue weighted by atomic mass is 10.0. The molecule has 0 saturated heterocycles. The first kappa shape index (κ1) is 14.1. The molecule has 1 N–H and O–H groups in total. The Bertz CT molecular complexity index is 226. The van der Waals surface area contributed by atoms with Gasteiger partial charge in [-0.2, -0.15) is 0 Å². The lowest BCUT2D eigenvalue weighted by Gasteiger charge is -2.29. The zero-order valence-electron chi connectivity index (χ0n) is 9.99. The Kier molecular flexibility index (Phi) is 6.17. The van der Waals surface area contributed by atoms with Crippen molar-refractivity contribution in [1.29, 1.82) is 0 Å². The van der Waals surface area contributed by atoms with E-state index in [9.17, 15) is 9.59 Å². The van der Waals surface area contributed by atoms with Crippen LogP contribution in [0.5, 0.6) is 0 Å². The molecule has 0 saturated carbocycles. The molecule has 0 radical (unpaired) electrons. The summed E-state index contributed by atoms with van der Waals surface area (Å²) in [5.74, 6) is 0.140.